The Hall–Kier alpha value is -2.34. The second-order valence-corrected chi connectivity index (χ2v) is 6.83. The number of aryl methyl sites for hydroxylation is 2. The number of rotatable bonds is 5. The maximum atomic E-state index is 12.6. The van der Waals surface area contributed by atoms with Crippen molar-refractivity contribution in [3.05, 3.63) is 47.7 Å². The van der Waals surface area contributed by atoms with Crippen LogP contribution in [0, 0.1) is 6.92 Å². The van der Waals surface area contributed by atoms with Gasteiger partial charge in [-0.25, -0.2) is 0 Å². The van der Waals surface area contributed by atoms with Crippen LogP contribution in [-0.2, 0) is 18.4 Å². The van der Waals surface area contributed by atoms with E-state index in [9.17, 15) is 4.79 Å². The smallest absolute Gasteiger partial charge is 0.245 e. The van der Waals surface area contributed by atoms with Crippen molar-refractivity contribution in [2.45, 2.75) is 31.8 Å². The molecule has 25 heavy (non-hydrogen) atoms. The Bertz CT molecular complexity index is 731. The van der Waals surface area contributed by atoms with Crippen LogP contribution in [0.2, 0.25) is 0 Å². The van der Waals surface area contributed by atoms with Crippen molar-refractivity contribution in [1.29, 1.82) is 0 Å². The number of nitrogens with zero attached hydrogens (tertiary/aromatic N) is 3. The number of hydrogen-bond acceptors (Lipinski definition) is 4. The van der Waals surface area contributed by atoms with Crippen molar-refractivity contribution < 1.29 is 4.79 Å². The highest BCUT2D eigenvalue weighted by atomic mass is 16.2. The number of piperidine rings is 1. The summed E-state index contributed by atoms with van der Waals surface area (Å²) < 4.78 is 1.77. The molecule has 0 bridgehead atoms. The first-order chi connectivity index (χ1) is 12.0. The average molecular weight is 341 g/mol. The number of carbonyl (C=O) groups excluding carboxylic acids is 1. The molecule has 1 saturated heterocycles. The van der Waals surface area contributed by atoms with E-state index < -0.39 is 5.54 Å². The van der Waals surface area contributed by atoms with E-state index in [1.54, 1.807) is 17.9 Å². The van der Waals surface area contributed by atoms with Gasteiger partial charge in [-0.1, -0.05) is 24.3 Å². The predicted octanol–water partition coefficient (Wildman–Crippen LogP) is 1.92. The monoisotopic (exact) mass is 341 g/mol. The number of benzene rings is 1. The number of aromatic nitrogens is 2. The number of likely N-dealkylation sites (N-methyl/N-ethyl adjacent to an activating group) is 1. The van der Waals surface area contributed by atoms with Gasteiger partial charge in [-0.2, -0.15) is 5.10 Å². The van der Waals surface area contributed by atoms with Crippen LogP contribution in [-0.4, -0.2) is 46.3 Å². The molecule has 2 aromatic rings. The molecule has 1 fully saturated rings. The SMILES string of the molecule is CNC(=O)C1(Nc2ccnn2C)CCN(Cc2ccccc2C)CC1. The third-order valence-corrected chi connectivity index (χ3v) is 5.21. The number of hydrogen-bond donors (Lipinski definition) is 2. The molecule has 0 unspecified atom stereocenters. The number of carbonyl (C=O) groups is 1. The van der Waals surface area contributed by atoms with E-state index in [1.807, 2.05) is 13.1 Å². The van der Waals surface area contributed by atoms with E-state index in [4.69, 9.17) is 0 Å². The fraction of sp³-hybridized carbons (Fsp3) is 0.474. The first kappa shape index (κ1) is 17.5. The second-order valence-electron chi connectivity index (χ2n) is 6.83. The van der Waals surface area contributed by atoms with Crippen LogP contribution in [0.4, 0.5) is 5.82 Å². The summed E-state index contributed by atoms with van der Waals surface area (Å²) in [7, 11) is 3.59. The number of nitrogens with one attached hydrogen (secondary N) is 2. The molecular formula is C19H27N5O. The lowest BCUT2D eigenvalue weighted by atomic mass is 9.86. The Morgan fingerprint density at radius 2 is 1.96 bits per heavy atom. The number of anilines is 1. The van der Waals surface area contributed by atoms with Crippen molar-refractivity contribution in [1.82, 2.24) is 20.0 Å². The fourth-order valence-corrected chi connectivity index (χ4v) is 3.51. The largest absolute Gasteiger partial charge is 0.357 e. The van der Waals surface area contributed by atoms with Crippen molar-refractivity contribution in [2.75, 3.05) is 25.5 Å². The minimum absolute atomic E-state index is 0.0456. The normalized spacial score (nSPS) is 17.2. The highest BCUT2D eigenvalue weighted by Crippen LogP contribution is 2.28. The fourth-order valence-electron chi connectivity index (χ4n) is 3.51. The van der Waals surface area contributed by atoms with Crippen LogP contribution in [0.15, 0.2) is 36.5 Å². The summed E-state index contributed by atoms with van der Waals surface area (Å²) in [5.41, 5.74) is 2.10. The molecule has 0 aliphatic carbocycles. The summed E-state index contributed by atoms with van der Waals surface area (Å²) in [6.45, 7) is 4.85. The third kappa shape index (κ3) is 3.69. The molecule has 1 aromatic carbocycles. The summed E-state index contributed by atoms with van der Waals surface area (Å²) in [6.07, 6.45) is 3.28. The first-order valence-corrected chi connectivity index (χ1v) is 8.79. The highest BCUT2D eigenvalue weighted by molar-refractivity contribution is 5.89. The summed E-state index contributed by atoms with van der Waals surface area (Å²) in [4.78, 5) is 15.0. The van der Waals surface area contributed by atoms with E-state index in [0.29, 0.717) is 0 Å². The van der Waals surface area contributed by atoms with Gasteiger partial charge in [-0.05, 0) is 30.9 Å². The van der Waals surface area contributed by atoms with Crippen LogP contribution in [0.1, 0.15) is 24.0 Å². The molecule has 0 saturated carbocycles. The summed E-state index contributed by atoms with van der Waals surface area (Å²) in [6, 6.07) is 10.4. The van der Waals surface area contributed by atoms with E-state index in [-0.39, 0.29) is 5.91 Å². The Morgan fingerprint density at radius 1 is 1.24 bits per heavy atom. The molecule has 2 heterocycles. The molecule has 2 N–H and O–H groups in total. The first-order valence-electron chi connectivity index (χ1n) is 8.79. The highest BCUT2D eigenvalue weighted by Gasteiger charge is 2.41. The summed E-state index contributed by atoms with van der Waals surface area (Å²) in [5.74, 6) is 0.917. The lowest BCUT2D eigenvalue weighted by Crippen LogP contribution is -2.57. The van der Waals surface area contributed by atoms with Crippen LogP contribution >= 0.6 is 0 Å². The Morgan fingerprint density at radius 3 is 2.56 bits per heavy atom. The van der Waals surface area contributed by atoms with Crippen LogP contribution in [0.5, 0.6) is 0 Å². The average Bonchev–Trinajstić information content (AvgIpc) is 3.02. The van der Waals surface area contributed by atoms with Crippen LogP contribution in [0.3, 0.4) is 0 Å². The molecule has 1 aliphatic heterocycles. The molecule has 3 rings (SSSR count). The van der Waals surface area contributed by atoms with Gasteiger partial charge >= 0.3 is 0 Å². The van der Waals surface area contributed by atoms with Crippen LogP contribution < -0.4 is 10.6 Å². The van der Waals surface area contributed by atoms with Gasteiger partial charge in [0.2, 0.25) is 5.91 Å². The molecule has 0 spiro atoms. The van der Waals surface area contributed by atoms with Gasteiger partial charge in [-0.15, -0.1) is 0 Å². The Balaban J connectivity index is 1.70. The minimum atomic E-state index is -0.579. The summed E-state index contributed by atoms with van der Waals surface area (Å²) in [5, 5.41) is 10.5. The molecular weight excluding hydrogens is 314 g/mol. The minimum Gasteiger partial charge on any atom is -0.357 e. The molecule has 1 aromatic heterocycles. The van der Waals surface area contributed by atoms with Crippen molar-refractivity contribution >= 4 is 11.7 Å². The van der Waals surface area contributed by atoms with E-state index in [0.717, 1.165) is 38.3 Å². The number of amides is 1. The predicted molar refractivity (Wildman–Crippen MR) is 99.3 cm³/mol. The van der Waals surface area contributed by atoms with Gasteiger partial charge in [-0.3, -0.25) is 14.4 Å². The molecule has 6 heteroatoms. The molecule has 6 nitrogen and oxygen atoms in total. The summed E-state index contributed by atoms with van der Waals surface area (Å²) >= 11 is 0. The van der Waals surface area contributed by atoms with Crippen LogP contribution in [0.25, 0.3) is 0 Å². The number of likely N-dealkylation sites (tertiary alicyclic amines) is 1. The van der Waals surface area contributed by atoms with Gasteiger partial charge < -0.3 is 10.6 Å². The van der Waals surface area contributed by atoms with E-state index in [2.05, 4.69) is 51.8 Å². The third-order valence-electron chi connectivity index (χ3n) is 5.21. The second kappa shape index (κ2) is 7.27. The molecule has 0 radical (unpaired) electrons. The van der Waals surface area contributed by atoms with Gasteiger partial charge in [0.15, 0.2) is 0 Å². The Kier molecular flexibility index (Phi) is 5.08. The van der Waals surface area contributed by atoms with Crippen molar-refractivity contribution in [3.8, 4) is 0 Å². The van der Waals surface area contributed by atoms with E-state index in [1.165, 1.54) is 11.1 Å². The zero-order valence-corrected chi connectivity index (χ0v) is 15.2. The maximum Gasteiger partial charge on any atom is 0.245 e. The topological polar surface area (TPSA) is 62.2 Å². The molecule has 1 amide bonds. The zero-order valence-electron chi connectivity index (χ0n) is 15.2. The van der Waals surface area contributed by atoms with Gasteiger partial charge in [0.05, 0.1) is 6.20 Å². The quantitative estimate of drug-likeness (QED) is 0.872. The van der Waals surface area contributed by atoms with E-state index >= 15 is 0 Å². The zero-order chi connectivity index (χ0) is 17.9. The van der Waals surface area contributed by atoms with Gasteiger partial charge in [0, 0.05) is 39.8 Å². The van der Waals surface area contributed by atoms with Gasteiger partial charge in [0.1, 0.15) is 11.4 Å². The van der Waals surface area contributed by atoms with Crippen molar-refractivity contribution in [3.63, 3.8) is 0 Å². The molecule has 134 valence electrons. The Labute approximate surface area is 149 Å². The molecule has 0 atom stereocenters. The van der Waals surface area contributed by atoms with Gasteiger partial charge in [0.25, 0.3) is 0 Å². The standard InChI is InChI=1S/C19H27N5O/c1-15-6-4-5-7-16(15)14-24-12-9-19(10-13-24,18(25)20-2)22-17-8-11-21-23(17)3/h4-8,11,22H,9-10,12-14H2,1-3H3,(H,20,25). The maximum absolute atomic E-state index is 12.6. The van der Waals surface area contributed by atoms with Crippen molar-refractivity contribution in [2.24, 2.45) is 7.05 Å². The molecule has 1 aliphatic rings. The lowest BCUT2D eigenvalue weighted by molar-refractivity contribution is -0.126. The lowest BCUT2D eigenvalue weighted by Gasteiger charge is -2.41.